The Morgan fingerprint density at radius 1 is 1.32 bits per heavy atom. The molecule has 1 aliphatic heterocycles. The molecule has 1 saturated heterocycles. The molecule has 0 aromatic heterocycles. The number of nitrogens with one attached hydrogen (secondary N) is 1. The van der Waals surface area contributed by atoms with E-state index in [0.717, 1.165) is 18.5 Å². The molecule has 1 aromatic rings. The third-order valence-corrected chi connectivity index (χ3v) is 4.10. The minimum absolute atomic E-state index is 0.119. The van der Waals surface area contributed by atoms with Crippen LogP contribution in [0, 0.1) is 16.0 Å². The van der Waals surface area contributed by atoms with Gasteiger partial charge < -0.3 is 4.74 Å². The van der Waals surface area contributed by atoms with Crippen LogP contribution in [-0.4, -0.2) is 17.6 Å². The van der Waals surface area contributed by atoms with Crippen molar-refractivity contribution in [3.63, 3.8) is 0 Å². The first-order chi connectivity index (χ1) is 9.24. The lowest BCUT2D eigenvalue weighted by Crippen LogP contribution is -2.45. The van der Waals surface area contributed by atoms with Crippen LogP contribution >= 0.6 is 0 Å². The number of hydrogen-bond acceptors (Lipinski definition) is 4. The molecule has 0 spiro atoms. The van der Waals surface area contributed by atoms with Gasteiger partial charge in [0.25, 0.3) is 5.69 Å². The lowest BCUT2D eigenvalue weighted by Gasteiger charge is -2.40. The van der Waals surface area contributed by atoms with Crippen molar-refractivity contribution in [1.29, 1.82) is 0 Å². The molecule has 1 unspecified atom stereocenters. The number of hydrogen-bond donors (Lipinski definition) is 1. The molecule has 3 rings (SSSR count). The fraction of sp³-hybridized carbons (Fsp3) is 0.571. The zero-order valence-electron chi connectivity index (χ0n) is 10.7. The van der Waals surface area contributed by atoms with Crippen LogP contribution in [0.5, 0.6) is 0 Å². The van der Waals surface area contributed by atoms with E-state index >= 15 is 0 Å². The lowest BCUT2D eigenvalue weighted by atomic mass is 9.85. The Morgan fingerprint density at radius 2 is 2.16 bits per heavy atom. The Morgan fingerprint density at radius 3 is 3.00 bits per heavy atom. The predicted molar refractivity (Wildman–Crippen MR) is 70.7 cm³/mol. The number of ether oxygens (including phenoxy) is 1. The van der Waals surface area contributed by atoms with Crippen LogP contribution in [0.2, 0.25) is 0 Å². The summed E-state index contributed by atoms with van der Waals surface area (Å²) >= 11 is 0. The van der Waals surface area contributed by atoms with Gasteiger partial charge in [-0.15, -0.1) is 0 Å². The van der Waals surface area contributed by atoms with Crippen LogP contribution in [0.3, 0.4) is 0 Å². The van der Waals surface area contributed by atoms with E-state index in [0.29, 0.717) is 12.0 Å². The maximum Gasteiger partial charge on any atom is 0.269 e. The molecule has 102 valence electrons. The lowest BCUT2D eigenvalue weighted by molar-refractivity contribution is -0.385. The van der Waals surface area contributed by atoms with E-state index in [1.807, 2.05) is 6.07 Å². The van der Waals surface area contributed by atoms with Crippen LogP contribution < -0.4 is 5.32 Å². The first-order valence-corrected chi connectivity index (χ1v) is 6.87. The van der Waals surface area contributed by atoms with Crippen molar-refractivity contribution in [2.24, 2.45) is 5.92 Å². The highest BCUT2D eigenvalue weighted by Crippen LogP contribution is 2.34. The predicted octanol–water partition coefficient (Wildman–Crippen LogP) is 2.77. The fourth-order valence-corrected chi connectivity index (χ4v) is 3.07. The van der Waals surface area contributed by atoms with Crippen LogP contribution in [0.1, 0.15) is 37.5 Å². The number of benzene rings is 1. The molecule has 5 heteroatoms. The highest BCUT2D eigenvalue weighted by atomic mass is 16.6. The van der Waals surface area contributed by atoms with Gasteiger partial charge in [-0.05, 0) is 18.8 Å². The Bertz CT molecular complexity index is 478. The van der Waals surface area contributed by atoms with Gasteiger partial charge in [0.1, 0.15) is 6.23 Å². The number of non-ortho nitro benzene ring substituents is 1. The van der Waals surface area contributed by atoms with Gasteiger partial charge >= 0.3 is 0 Å². The highest BCUT2D eigenvalue weighted by molar-refractivity contribution is 5.35. The molecule has 0 radical (unpaired) electrons. The van der Waals surface area contributed by atoms with Crippen LogP contribution in [0.25, 0.3) is 0 Å². The minimum Gasteiger partial charge on any atom is -0.356 e. The monoisotopic (exact) mass is 262 g/mol. The summed E-state index contributed by atoms with van der Waals surface area (Å²) in [6.07, 6.45) is 4.94. The second kappa shape index (κ2) is 5.27. The first kappa shape index (κ1) is 12.6. The Hall–Kier alpha value is -1.46. The molecule has 5 nitrogen and oxygen atoms in total. The molecule has 19 heavy (non-hydrogen) atoms. The summed E-state index contributed by atoms with van der Waals surface area (Å²) in [5, 5.41) is 14.2. The normalized spacial score (nSPS) is 30.6. The molecule has 3 atom stereocenters. The van der Waals surface area contributed by atoms with Crippen molar-refractivity contribution in [3.8, 4) is 0 Å². The standard InChI is InChI=1S/C14H18N2O3/c17-16(18)12-6-3-5-10(8-12)14-15-9-11-4-1-2-7-13(11)19-14/h3,5-6,8,11,13-15H,1-2,4,7,9H2/t11-,13+,14?/m1/s1. The maximum absolute atomic E-state index is 10.8. The van der Waals surface area contributed by atoms with E-state index in [4.69, 9.17) is 4.74 Å². The topological polar surface area (TPSA) is 64.4 Å². The molecule has 1 aliphatic carbocycles. The molecule has 2 aliphatic rings. The average molecular weight is 262 g/mol. The van der Waals surface area contributed by atoms with E-state index in [1.165, 1.54) is 25.3 Å². The van der Waals surface area contributed by atoms with E-state index in [-0.39, 0.29) is 16.8 Å². The summed E-state index contributed by atoms with van der Waals surface area (Å²) in [4.78, 5) is 10.4. The van der Waals surface area contributed by atoms with Crippen molar-refractivity contribution in [3.05, 3.63) is 39.9 Å². The summed E-state index contributed by atoms with van der Waals surface area (Å²) in [5.41, 5.74) is 0.965. The van der Waals surface area contributed by atoms with E-state index in [9.17, 15) is 10.1 Å². The SMILES string of the molecule is O=[N+]([O-])c1cccc(C2NC[C@H]3CCCC[C@@H]3O2)c1. The van der Waals surface area contributed by atoms with Crippen LogP contribution in [0.4, 0.5) is 5.69 Å². The third-order valence-electron chi connectivity index (χ3n) is 4.10. The van der Waals surface area contributed by atoms with Gasteiger partial charge in [0, 0.05) is 24.2 Å². The first-order valence-electron chi connectivity index (χ1n) is 6.87. The quantitative estimate of drug-likeness (QED) is 0.657. The Labute approximate surface area is 112 Å². The molecular weight excluding hydrogens is 244 g/mol. The summed E-state index contributed by atoms with van der Waals surface area (Å²) in [5.74, 6) is 0.601. The van der Waals surface area contributed by atoms with Crippen molar-refractivity contribution in [2.45, 2.75) is 38.0 Å². The molecule has 1 aromatic carbocycles. The van der Waals surface area contributed by atoms with Gasteiger partial charge in [-0.1, -0.05) is 25.0 Å². The molecule has 0 amide bonds. The van der Waals surface area contributed by atoms with Gasteiger partial charge in [-0.2, -0.15) is 0 Å². The van der Waals surface area contributed by atoms with Crippen LogP contribution in [0.15, 0.2) is 24.3 Å². The second-order valence-corrected chi connectivity index (χ2v) is 5.36. The van der Waals surface area contributed by atoms with Gasteiger partial charge in [0.05, 0.1) is 11.0 Å². The zero-order chi connectivity index (χ0) is 13.2. The molecule has 2 fully saturated rings. The Kier molecular flexibility index (Phi) is 3.48. The third kappa shape index (κ3) is 2.62. The van der Waals surface area contributed by atoms with Gasteiger partial charge in [-0.3, -0.25) is 15.4 Å². The summed E-state index contributed by atoms with van der Waals surface area (Å²) in [6.45, 7) is 0.942. The summed E-state index contributed by atoms with van der Waals surface area (Å²) in [7, 11) is 0. The highest BCUT2D eigenvalue weighted by Gasteiger charge is 2.33. The molecule has 1 heterocycles. The average Bonchev–Trinajstić information content (AvgIpc) is 2.47. The summed E-state index contributed by atoms with van der Waals surface area (Å²) < 4.78 is 6.08. The maximum atomic E-state index is 10.8. The van der Waals surface area contributed by atoms with Crippen LogP contribution in [-0.2, 0) is 4.74 Å². The zero-order valence-corrected chi connectivity index (χ0v) is 10.7. The van der Waals surface area contributed by atoms with Crippen molar-refractivity contribution in [1.82, 2.24) is 5.32 Å². The van der Waals surface area contributed by atoms with Crippen molar-refractivity contribution >= 4 is 5.69 Å². The number of rotatable bonds is 2. The number of fused-ring (bicyclic) bond motifs is 1. The number of nitro groups is 1. The van der Waals surface area contributed by atoms with E-state index in [1.54, 1.807) is 12.1 Å². The van der Waals surface area contributed by atoms with E-state index in [2.05, 4.69) is 5.32 Å². The summed E-state index contributed by atoms with van der Waals surface area (Å²) in [6, 6.07) is 6.70. The van der Waals surface area contributed by atoms with Gasteiger partial charge in [-0.25, -0.2) is 0 Å². The van der Waals surface area contributed by atoms with Gasteiger partial charge in [0.15, 0.2) is 0 Å². The van der Waals surface area contributed by atoms with E-state index < -0.39 is 0 Å². The Balaban J connectivity index is 1.75. The number of nitro benzene ring substituents is 1. The molecule has 1 saturated carbocycles. The van der Waals surface area contributed by atoms with Crippen molar-refractivity contribution in [2.75, 3.05) is 6.54 Å². The molecule has 1 N–H and O–H groups in total. The largest absolute Gasteiger partial charge is 0.356 e. The van der Waals surface area contributed by atoms with Crippen molar-refractivity contribution < 1.29 is 9.66 Å². The minimum atomic E-state index is -0.365. The van der Waals surface area contributed by atoms with Gasteiger partial charge in [0.2, 0.25) is 0 Å². The second-order valence-electron chi connectivity index (χ2n) is 5.36. The fourth-order valence-electron chi connectivity index (χ4n) is 3.07. The molecule has 0 bridgehead atoms. The smallest absolute Gasteiger partial charge is 0.269 e. The number of nitrogens with zero attached hydrogens (tertiary/aromatic N) is 1. The molecular formula is C14H18N2O3.